The predicted octanol–water partition coefficient (Wildman–Crippen LogP) is 6.30. The van der Waals surface area contributed by atoms with Crippen molar-refractivity contribution in [3.63, 3.8) is 0 Å². The van der Waals surface area contributed by atoms with E-state index < -0.39 is 6.10 Å². The van der Waals surface area contributed by atoms with Gasteiger partial charge in [-0.2, -0.15) is 0 Å². The van der Waals surface area contributed by atoms with E-state index in [4.69, 9.17) is 4.74 Å². The average Bonchev–Trinajstić information content (AvgIpc) is 3.32. The lowest BCUT2D eigenvalue weighted by Gasteiger charge is -2.31. The molecule has 29 heavy (non-hydrogen) atoms. The van der Waals surface area contributed by atoms with Crippen molar-refractivity contribution in [3.05, 3.63) is 89.5 Å². The molecule has 5 rings (SSSR count). The Morgan fingerprint density at radius 1 is 0.828 bits per heavy atom. The highest BCUT2D eigenvalue weighted by Crippen LogP contribution is 2.41. The van der Waals surface area contributed by atoms with Crippen LogP contribution >= 0.6 is 0 Å². The van der Waals surface area contributed by atoms with E-state index in [0.29, 0.717) is 12.5 Å². The number of aliphatic hydroxyl groups is 1. The van der Waals surface area contributed by atoms with Gasteiger partial charge in [0.2, 0.25) is 0 Å². The van der Waals surface area contributed by atoms with Gasteiger partial charge in [0.25, 0.3) is 0 Å². The van der Waals surface area contributed by atoms with Crippen molar-refractivity contribution in [1.29, 1.82) is 0 Å². The van der Waals surface area contributed by atoms with E-state index in [1.165, 1.54) is 47.9 Å². The number of aliphatic hydroxyl groups excluding tert-OH is 1. The van der Waals surface area contributed by atoms with Crippen LogP contribution < -0.4 is 4.74 Å². The van der Waals surface area contributed by atoms with E-state index in [0.717, 1.165) is 17.7 Å². The number of hydrogen-bond donors (Lipinski definition) is 1. The van der Waals surface area contributed by atoms with Gasteiger partial charge < -0.3 is 9.84 Å². The normalized spacial score (nSPS) is 21.6. The minimum absolute atomic E-state index is 0.0856. The first kappa shape index (κ1) is 18.4. The molecule has 2 heteroatoms. The third kappa shape index (κ3) is 3.82. The van der Waals surface area contributed by atoms with Gasteiger partial charge in [0.15, 0.2) is 0 Å². The summed E-state index contributed by atoms with van der Waals surface area (Å²) < 4.78 is 6.11. The summed E-state index contributed by atoms with van der Waals surface area (Å²) in [6.07, 6.45) is 5.57. The summed E-state index contributed by atoms with van der Waals surface area (Å²) in [4.78, 5) is 0. The Kier molecular flexibility index (Phi) is 5.12. The molecule has 148 valence electrons. The number of rotatable bonds is 4. The summed E-state index contributed by atoms with van der Waals surface area (Å²) in [5, 5.41) is 11.0. The van der Waals surface area contributed by atoms with Crippen LogP contribution in [-0.4, -0.2) is 11.7 Å². The topological polar surface area (TPSA) is 29.5 Å². The number of ether oxygens (including phenoxy) is 1. The summed E-state index contributed by atoms with van der Waals surface area (Å²) in [6.45, 7) is 0.572. The molecule has 0 saturated heterocycles. The molecule has 2 atom stereocenters. The first-order valence-corrected chi connectivity index (χ1v) is 10.9. The molecule has 3 aromatic rings. The van der Waals surface area contributed by atoms with Gasteiger partial charge in [-0.1, -0.05) is 79.6 Å². The minimum atomic E-state index is -0.467. The third-order valence-corrected chi connectivity index (χ3v) is 6.64. The van der Waals surface area contributed by atoms with Crippen LogP contribution in [0.4, 0.5) is 0 Å². The zero-order chi connectivity index (χ0) is 19.6. The smallest absolute Gasteiger partial charge is 0.125 e. The molecule has 1 N–H and O–H groups in total. The largest absolute Gasteiger partial charge is 0.493 e. The Bertz CT molecular complexity index is 956. The zero-order valence-corrected chi connectivity index (χ0v) is 16.8. The molecular formula is C27H28O2. The van der Waals surface area contributed by atoms with E-state index in [-0.39, 0.29) is 5.92 Å². The van der Waals surface area contributed by atoms with E-state index >= 15 is 0 Å². The van der Waals surface area contributed by atoms with Crippen molar-refractivity contribution < 1.29 is 9.84 Å². The maximum Gasteiger partial charge on any atom is 0.125 e. The number of benzene rings is 3. The Balaban J connectivity index is 1.29. The molecule has 1 aliphatic carbocycles. The molecule has 0 bridgehead atoms. The highest BCUT2D eigenvalue weighted by atomic mass is 16.5. The summed E-state index contributed by atoms with van der Waals surface area (Å²) in [6, 6.07) is 25.6. The second kappa shape index (κ2) is 8.04. The van der Waals surface area contributed by atoms with Crippen LogP contribution in [0.25, 0.3) is 11.1 Å². The molecule has 2 nitrogen and oxygen atoms in total. The zero-order valence-electron chi connectivity index (χ0n) is 16.8. The SMILES string of the molecule is O[C@H]1c2ccc(C3CCCC3)cc2OC[C@@H]1Cc1ccc(-c2ccccc2)cc1. The quantitative estimate of drug-likeness (QED) is 0.572. The molecule has 1 aliphatic heterocycles. The molecule has 0 radical (unpaired) electrons. The second-order valence-electron chi connectivity index (χ2n) is 8.56. The average molecular weight is 385 g/mol. The molecular weight excluding hydrogens is 356 g/mol. The van der Waals surface area contributed by atoms with Crippen LogP contribution in [0, 0.1) is 5.92 Å². The first-order valence-electron chi connectivity index (χ1n) is 10.9. The summed E-state index contributed by atoms with van der Waals surface area (Å²) in [7, 11) is 0. The molecule has 1 heterocycles. The molecule has 3 aromatic carbocycles. The fourth-order valence-corrected chi connectivity index (χ4v) is 4.91. The van der Waals surface area contributed by atoms with Crippen LogP contribution in [0.2, 0.25) is 0 Å². The first-order chi connectivity index (χ1) is 14.3. The summed E-state index contributed by atoms with van der Waals surface area (Å²) in [5.74, 6) is 1.64. The van der Waals surface area contributed by atoms with Crippen molar-refractivity contribution >= 4 is 0 Å². The van der Waals surface area contributed by atoms with Gasteiger partial charge in [-0.05, 0) is 53.5 Å². The van der Waals surface area contributed by atoms with Crippen molar-refractivity contribution in [2.24, 2.45) is 5.92 Å². The van der Waals surface area contributed by atoms with Crippen LogP contribution in [0.1, 0.15) is 54.4 Å². The van der Waals surface area contributed by atoms with Gasteiger partial charge in [0.05, 0.1) is 12.7 Å². The Morgan fingerprint density at radius 3 is 2.31 bits per heavy atom. The van der Waals surface area contributed by atoms with Crippen LogP contribution in [0.15, 0.2) is 72.8 Å². The highest BCUT2D eigenvalue weighted by Gasteiger charge is 2.30. The van der Waals surface area contributed by atoms with Crippen LogP contribution in [0.3, 0.4) is 0 Å². The molecule has 0 aromatic heterocycles. The van der Waals surface area contributed by atoms with E-state index in [2.05, 4.69) is 66.7 Å². The number of fused-ring (bicyclic) bond motifs is 1. The number of hydrogen-bond acceptors (Lipinski definition) is 2. The lowest BCUT2D eigenvalue weighted by molar-refractivity contribution is 0.0507. The summed E-state index contributed by atoms with van der Waals surface area (Å²) >= 11 is 0. The van der Waals surface area contributed by atoms with Gasteiger partial charge in [-0.3, -0.25) is 0 Å². The highest BCUT2D eigenvalue weighted by molar-refractivity contribution is 5.63. The molecule has 0 unspecified atom stereocenters. The maximum atomic E-state index is 11.0. The van der Waals surface area contributed by atoms with Crippen molar-refractivity contribution in [2.75, 3.05) is 6.61 Å². The Morgan fingerprint density at radius 2 is 1.55 bits per heavy atom. The van der Waals surface area contributed by atoms with E-state index in [1.807, 2.05) is 6.07 Å². The minimum Gasteiger partial charge on any atom is -0.493 e. The molecule has 1 fully saturated rings. The second-order valence-corrected chi connectivity index (χ2v) is 8.56. The van der Waals surface area contributed by atoms with Crippen LogP contribution in [0.5, 0.6) is 5.75 Å². The molecule has 0 spiro atoms. The molecule has 1 saturated carbocycles. The van der Waals surface area contributed by atoms with Gasteiger partial charge in [-0.25, -0.2) is 0 Å². The van der Waals surface area contributed by atoms with Gasteiger partial charge >= 0.3 is 0 Å². The summed E-state index contributed by atoms with van der Waals surface area (Å²) in [5.41, 5.74) is 6.02. The lowest BCUT2D eigenvalue weighted by atomic mass is 9.86. The fraction of sp³-hybridized carbons (Fsp3) is 0.333. The van der Waals surface area contributed by atoms with Crippen LogP contribution in [-0.2, 0) is 6.42 Å². The van der Waals surface area contributed by atoms with E-state index in [9.17, 15) is 5.11 Å². The van der Waals surface area contributed by atoms with Gasteiger partial charge in [0, 0.05) is 11.5 Å². The Labute approximate surface area is 173 Å². The van der Waals surface area contributed by atoms with Crippen molar-refractivity contribution in [2.45, 2.75) is 44.1 Å². The fourth-order valence-electron chi connectivity index (χ4n) is 4.91. The maximum absolute atomic E-state index is 11.0. The Hall–Kier alpha value is -2.58. The molecule has 0 amide bonds. The standard InChI is InChI=1S/C27H28O2/c28-27-24(16-19-10-12-22(13-11-19)20-6-2-1-3-7-20)18-29-26-17-23(14-15-25(26)27)21-8-4-5-9-21/h1-3,6-7,10-15,17,21,24,27-28H,4-5,8-9,16,18H2/t24-,27+/m0/s1. The molecule has 2 aliphatic rings. The van der Waals surface area contributed by atoms with E-state index in [1.54, 1.807) is 0 Å². The van der Waals surface area contributed by atoms with Crippen molar-refractivity contribution in [1.82, 2.24) is 0 Å². The van der Waals surface area contributed by atoms with Gasteiger partial charge in [-0.15, -0.1) is 0 Å². The lowest BCUT2D eigenvalue weighted by Crippen LogP contribution is -2.27. The predicted molar refractivity (Wildman–Crippen MR) is 117 cm³/mol. The third-order valence-electron chi connectivity index (χ3n) is 6.64. The van der Waals surface area contributed by atoms with Crippen molar-refractivity contribution in [3.8, 4) is 16.9 Å². The van der Waals surface area contributed by atoms with Gasteiger partial charge in [0.1, 0.15) is 5.75 Å². The monoisotopic (exact) mass is 384 g/mol.